The Bertz CT molecular complexity index is 697. The SMILES string of the molecule is COc1ccccc1NC(=O)C[C@H]1C(=O)Nc2ncnn21. The zero-order valence-electron chi connectivity index (χ0n) is 11.2. The Balaban J connectivity index is 1.71. The molecule has 0 saturated heterocycles. The van der Waals surface area contributed by atoms with Crippen LogP contribution in [0, 0.1) is 0 Å². The van der Waals surface area contributed by atoms with Gasteiger partial charge in [0.15, 0.2) is 0 Å². The van der Waals surface area contributed by atoms with Crippen molar-refractivity contribution in [1.82, 2.24) is 14.8 Å². The predicted molar refractivity (Wildman–Crippen MR) is 73.9 cm³/mol. The van der Waals surface area contributed by atoms with Crippen LogP contribution in [0.25, 0.3) is 0 Å². The largest absolute Gasteiger partial charge is 0.495 e. The lowest BCUT2D eigenvalue weighted by Crippen LogP contribution is -2.23. The number of amides is 2. The Morgan fingerprint density at radius 2 is 2.29 bits per heavy atom. The Labute approximate surface area is 120 Å². The fraction of sp³-hybridized carbons (Fsp3) is 0.231. The van der Waals surface area contributed by atoms with Crippen LogP contribution in [0.2, 0.25) is 0 Å². The van der Waals surface area contributed by atoms with Crippen LogP contribution in [-0.2, 0) is 9.59 Å². The van der Waals surface area contributed by atoms with Crippen LogP contribution in [0.3, 0.4) is 0 Å². The van der Waals surface area contributed by atoms with Gasteiger partial charge in [-0.05, 0) is 12.1 Å². The quantitative estimate of drug-likeness (QED) is 0.867. The monoisotopic (exact) mass is 287 g/mol. The van der Waals surface area contributed by atoms with Gasteiger partial charge in [0.05, 0.1) is 19.2 Å². The van der Waals surface area contributed by atoms with Crippen molar-refractivity contribution in [2.45, 2.75) is 12.5 Å². The number of nitrogens with zero attached hydrogens (tertiary/aromatic N) is 3. The fourth-order valence-electron chi connectivity index (χ4n) is 2.18. The molecular formula is C13H13N5O3. The molecule has 2 N–H and O–H groups in total. The Morgan fingerprint density at radius 1 is 1.48 bits per heavy atom. The summed E-state index contributed by atoms with van der Waals surface area (Å²) in [5, 5.41) is 9.23. The molecule has 1 aromatic heterocycles. The zero-order valence-corrected chi connectivity index (χ0v) is 11.2. The van der Waals surface area contributed by atoms with Crippen molar-refractivity contribution in [2.24, 2.45) is 0 Å². The summed E-state index contributed by atoms with van der Waals surface area (Å²) in [7, 11) is 1.52. The number of methoxy groups -OCH3 is 1. The molecule has 1 aliphatic rings. The number of aromatic nitrogens is 3. The van der Waals surface area contributed by atoms with Gasteiger partial charge in [-0.25, -0.2) is 4.68 Å². The first-order chi connectivity index (χ1) is 10.2. The second-order valence-electron chi connectivity index (χ2n) is 4.49. The summed E-state index contributed by atoms with van der Waals surface area (Å²) in [6.07, 6.45) is 1.31. The number of anilines is 2. The van der Waals surface area contributed by atoms with Crippen LogP contribution in [0.5, 0.6) is 5.75 Å². The van der Waals surface area contributed by atoms with Gasteiger partial charge >= 0.3 is 0 Å². The first kappa shape index (κ1) is 13.1. The molecule has 8 heteroatoms. The highest BCUT2D eigenvalue weighted by Crippen LogP contribution is 2.26. The normalized spacial score (nSPS) is 16.2. The standard InChI is InChI=1S/C13H13N5O3/c1-21-10-5-3-2-4-8(10)16-11(19)6-9-12(20)17-13-14-7-15-18(9)13/h2-5,7,9H,6H2,1H3,(H,16,19)(H,14,15,17,20)/t9-/m0/s1. The summed E-state index contributed by atoms with van der Waals surface area (Å²) in [5.41, 5.74) is 0.558. The highest BCUT2D eigenvalue weighted by Gasteiger charge is 2.33. The van der Waals surface area contributed by atoms with Crippen molar-refractivity contribution in [2.75, 3.05) is 17.7 Å². The van der Waals surface area contributed by atoms with Crippen LogP contribution in [0.1, 0.15) is 12.5 Å². The van der Waals surface area contributed by atoms with Crippen molar-refractivity contribution in [3.8, 4) is 5.75 Å². The molecule has 2 amide bonds. The maximum atomic E-state index is 12.1. The second-order valence-corrected chi connectivity index (χ2v) is 4.49. The lowest BCUT2D eigenvalue weighted by molar-refractivity contribution is -0.123. The third-order valence-electron chi connectivity index (χ3n) is 3.17. The number of hydrogen-bond acceptors (Lipinski definition) is 5. The van der Waals surface area contributed by atoms with E-state index in [-0.39, 0.29) is 18.2 Å². The van der Waals surface area contributed by atoms with Gasteiger partial charge in [-0.15, -0.1) is 0 Å². The molecule has 108 valence electrons. The molecule has 1 aliphatic heterocycles. The number of nitrogens with one attached hydrogen (secondary N) is 2. The number of carbonyl (C=O) groups excluding carboxylic acids is 2. The van der Waals surface area contributed by atoms with Gasteiger partial charge in [0.1, 0.15) is 18.1 Å². The molecule has 3 rings (SSSR count). The van der Waals surface area contributed by atoms with Crippen molar-refractivity contribution in [3.63, 3.8) is 0 Å². The van der Waals surface area contributed by atoms with Crippen molar-refractivity contribution >= 4 is 23.5 Å². The molecule has 8 nitrogen and oxygen atoms in total. The third-order valence-corrected chi connectivity index (χ3v) is 3.17. The topological polar surface area (TPSA) is 98.1 Å². The Hall–Kier alpha value is -2.90. The van der Waals surface area contributed by atoms with Crippen LogP contribution < -0.4 is 15.4 Å². The lowest BCUT2D eigenvalue weighted by atomic mass is 10.2. The van der Waals surface area contributed by atoms with Gasteiger partial charge in [-0.1, -0.05) is 12.1 Å². The van der Waals surface area contributed by atoms with Gasteiger partial charge < -0.3 is 10.1 Å². The summed E-state index contributed by atoms with van der Waals surface area (Å²) < 4.78 is 6.57. The molecule has 2 aromatic rings. The van der Waals surface area contributed by atoms with Gasteiger partial charge in [0.25, 0.3) is 5.91 Å². The van der Waals surface area contributed by atoms with Crippen LogP contribution in [0.4, 0.5) is 11.6 Å². The van der Waals surface area contributed by atoms with E-state index in [1.165, 1.54) is 18.1 Å². The highest BCUT2D eigenvalue weighted by molar-refractivity contribution is 6.01. The van der Waals surface area contributed by atoms with E-state index in [1.54, 1.807) is 24.3 Å². The van der Waals surface area contributed by atoms with E-state index in [2.05, 4.69) is 20.7 Å². The maximum absolute atomic E-state index is 12.1. The van der Waals surface area contributed by atoms with Crippen molar-refractivity contribution in [3.05, 3.63) is 30.6 Å². The number of fused-ring (bicyclic) bond motifs is 1. The van der Waals surface area contributed by atoms with Crippen LogP contribution in [-0.4, -0.2) is 33.7 Å². The molecule has 21 heavy (non-hydrogen) atoms. The first-order valence-corrected chi connectivity index (χ1v) is 6.32. The number of ether oxygens (including phenoxy) is 1. The molecule has 0 spiro atoms. The van der Waals surface area contributed by atoms with Crippen LogP contribution >= 0.6 is 0 Å². The zero-order chi connectivity index (χ0) is 14.8. The average molecular weight is 287 g/mol. The number of benzene rings is 1. The number of hydrogen-bond donors (Lipinski definition) is 2. The lowest BCUT2D eigenvalue weighted by Gasteiger charge is -2.12. The van der Waals surface area contributed by atoms with Gasteiger partial charge in [0, 0.05) is 0 Å². The maximum Gasteiger partial charge on any atom is 0.252 e. The molecule has 0 saturated carbocycles. The van der Waals surface area contributed by atoms with E-state index in [0.717, 1.165) is 0 Å². The Kier molecular flexibility index (Phi) is 3.27. The number of rotatable bonds is 4. The van der Waals surface area contributed by atoms with Crippen LogP contribution in [0.15, 0.2) is 30.6 Å². The van der Waals surface area contributed by atoms with E-state index in [9.17, 15) is 9.59 Å². The summed E-state index contributed by atoms with van der Waals surface area (Å²) in [4.78, 5) is 27.8. The van der Waals surface area contributed by atoms with E-state index < -0.39 is 6.04 Å². The van der Waals surface area contributed by atoms with Gasteiger partial charge in [0.2, 0.25) is 11.9 Å². The predicted octanol–water partition coefficient (Wildman–Crippen LogP) is 0.809. The molecular weight excluding hydrogens is 274 g/mol. The van der Waals surface area contributed by atoms with E-state index in [4.69, 9.17) is 4.74 Å². The van der Waals surface area contributed by atoms with E-state index in [1.807, 2.05) is 0 Å². The minimum Gasteiger partial charge on any atom is -0.495 e. The molecule has 1 atom stereocenters. The van der Waals surface area contributed by atoms with Crippen molar-refractivity contribution < 1.29 is 14.3 Å². The minimum atomic E-state index is -0.683. The number of carbonyl (C=O) groups is 2. The third kappa shape index (κ3) is 2.42. The van der Waals surface area contributed by atoms with Crippen molar-refractivity contribution in [1.29, 1.82) is 0 Å². The molecule has 0 unspecified atom stereocenters. The molecule has 0 radical (unpaired) electrons. The molecule has 0 fully saturated rings. The molecule has 1 aromatic carbocycles. The molecule has 2 heterocycles. The minimum absolute atomic E-state index is 0.0275. The summed E-state index contributed by atoms with van der Waals surface area (Å²) >= 11 is 0. The molecule has 0 aliphatic carbocycles. The van der Waals surface area contributed by atoms with E-state index >= 15 is 0 Å². The smallest absolute Gasteiger partial charge is 0.252 e. The number of para-hydroxylation sites is 2. The first-order valence-electron chi connectivity index (χ1n) is 6.32. The summed E-state index contributed by atoms with van der Waals surface area (Å²) in [5.74, 6) is 0.321. The highest BCUT2D eigenvalue weighted by atomic mass is 16.5. The van der Waals surface area contributed by atoms with Gasteiger partial charge in [-0.2, -0.15) is 10.1 Å². The van der Waals surface area contributed by atoms with Gasteiger partial charge in [-0.3, -0.25) is 14.9 Å². The summed E-state index contributed by atoms with van der Waals surface area (Å²) in [6, 6.07) is 6.38. The Morgan fingerprint density at radius 3 is 3.10 bits per heavy atom. The molecule has 0 bridgehead atoms. The second kappa shape index (κ2) is 5.23. The summed E-state index contributed by atoms with van der Waals surface area (Å²) in [6.45, 7) is 0. The average Bonchev–Trinajstić information content (AvgIpc) is 3.03. The van der Waals surface area contributed by atoms with E-state index in [0.29, 0.717) is 17.4 Å². The fourth-order valence-corrected chi connectivity index (χ4v) is 2.18.